The molecule has 1 heterocycles. The zero-order valence-corrected chi connectivity index (χ0v) is 10.3. The maximum Gasteiger partial charge on any atom is 0.197 e. The van der Waals surface area contributed by atoms with Gasteiger partial charge in [-0.15, -0.1) is 0 Å². The van der Waals surface area contributed by atoms with E-state index in [1.54, 1.807) is 0 Å². The standard InChI is InChI=1S/C13H19N3/c1-7(2)9-5-6-10(8(3)4)12-11(9)15-13(14)16-12/h5-8H,1-4H3,(H3,14,15,16). The SMILES string of the molecule is CC(C)c1ccc(C(C)C)c2[nH]c(=N)[nH]c12. The van der Waals surface area contributed by atoms with E-state index in [1.807, 2.05) is 0 Å². The number of rotatable bonds is 2. The molecule has 16 heavy (non-hydrogen) atoms. The van der Waals surface area contributed by atoms with Crippen molar-refractivity contribution in [2.24, 2.45) is 0 Å². The number of hydrogen-bond donors (Lipinski definition) is 3. The van der Waals surface area contributed by atoms with Crippen LogP contribution < -0.4 is 5.62 Å². The average molecular weight is 217 g/mol. The fourth-order valence-electron chi connectivity index (χ4n) is 2.15. The Morgan fingerprint density at radius 3 is 1.56 bits per heavy atom. The van der Waals surface area contributed by atoms with E-state index in [4.69, 9.17) is 5.41 Å². The third kappa shape index (κ3) is 1.66. The lowest BCUT2D eigenvalue weighted by Gasteiger charge is -2.11. The summed E-state index contributed by atoms with van der Waals surface area (Å²) in [5.74, 6) is 0.935. The fraction of sp³-hybridized carbons (Fsp3) is 0.462. The Bertz CT molecular complexity index is 510. The van der Waals surface area contributed by atoms with Crippen molar-refractivity contribution in [2.45, 2.75) is 39.5 Å². The van der Waals surface area contributed by atoms with Gasteiger partial charge in [0.15, 0.2) is 5.62 Å². The molecular weight excluding hydrogens is 198 g/mol. The predicted molar refractivity (Wildman–Crippen MR) is 66.7 cm³/mol. The van der Waals surface area contributed by atoms with Crippen LogP contribution in [0.2, 0.25) is 0 Å². The molecule has 2 aromatic rings. The average Bonchev–Trinajstić information content (AvgIpc) is 2.56. The Kier molecular flexibility index (Phi) is 2.62. The number of benzene rings is 1. The van der Waals surface area contributed by atoms with Crippen molar-refractivity contribution < 1.29 is 0 Å². The Hall–Kier alpha value is -1.51. The van der Waals surface area contributed by atoms with Crippen LogP contribution in [0.1, 0.15) is 50.7 Å². The molecule has 1 aromatic heterocycles. The second-order valence-electron chi connectivity index (χ2n) is 4.93. The predicted octanol–water partition coefficient (Wildman–Crippen LogP) is 3.22. The minimum Gasteiger partial charge on any atom is -0.324 e. The highest BCUT2D eigenvalue weighted by Gasteiger charge is 2.12. The zero-order valence-electron chi connectivity index (χ0n) is 10.3. The summed E-state index contributed by atoms with van der Waals surface area (Å²) in [6.45, 7) is 8.70. The van der Waals surface area contributed by atoms with Crippen LogP contribution in [-0.4, -0.2) is 9.97 Å². The summed E-state index contributed by atoms with van der Waals surface area (Å²) in [7, 11) is 0. The second kappa shape index (κ2) is 3.81. The third-order valence-electron chi connectivity index (χ3n) is 3.01. The van der Waals surface area contributed by atoms with Gasteiger partial charge in [-0.2, -0.15) is 0 Å². The lowest BCUT2D eigenvalue weighted by Crippen LogP contribution is -2.00. The van der Waals surface area contributed by atoms with Gasteiger partial charge in [0.2, 0.25) is 0 Å². The number of fused-ring (bicyclic) bond motifs is 1. The van der Waals surface area contributed by atoms with Crippen LogP contribution in [0, 0.1) is 5.41 Å². The maximum absolute atomic E-state index is 7.69. The van der Waals surface area contributed by atoms with Gasteiger partial charge in [-0.1, -0.05) is 39.8 Å². The van der Waals surface area contributed by atoms with Gasteiger partial charge in [0.25, 0.3) is 0 Å². The van der Waals surface area contributed by atoms with Gasteiger partial charge < -0.3 is 9.97 Å². The molecule has 3 heteroatoms. The van der Waals surface area contributed by atoms with Crippen molar-refractivity contribution in [3.05, 3.63) is 28.9 Å². The van der Waals surface area contributed by atoms with E-state index < -0.39 is 0 Å². The Morgan fingerprint density at radius 1 is 0.875 bits per heavy atom. The Labute approximate surface area is 95.4 Å². The summed E-state index contributed by atoms with van der Waals surface area (Å²) in [6, 6.07) is 4.35. The van der Waals surface area contributed by atoms with Crippen molar-refractivity contribution in [1.82, 2.24) is 9.97 Å². The number of aromatic nitrogens is 2. The van der Waals surface area contributed by atoms with Gasteiger partial charge in [-0.25, -0.2) is 0 Å². The summed E-state index contributed by atoms with van der Waals surface area (Å²) in [6.07, 6.45) is 0. The summed E-state index contributed by atoms with van der Waals surface area (Å²) < 4.78 is 0. The van der Waals surface area contributed by atoms with Gasteiger partial charge in [0.05, 0.1) is 11.0 Å². The number of imidazole rings is 1. The molecule has 0 bridgehead atoms. The monoisotopic (exact) mass is 217 g/mol. The molecule has 0 saturated carbocycles. The first kappa shape index (κ1) is 11.0. The van der Waals surface area contributed by atoms with E-state index in [2.05, 4.69) is 49.8 Å². The minimum absolute atomic E-state index is 0.380. The molecule has 3 N–H and O–H groups in total. The third-order valence-corrected chi connectivity index (χ3v) is 3.01. The summed E-state index contributed by atoms with van der Waals surface area (Å²) in [5.41, 5.74) is 5.10. The Balaban J connectivity index is 2.81. The highest BCUT2D eigenvalue weighted by atomic mass is 14.9. The van der Waals surface area contributed by atoms with E-state index in [0.29, 0.717) is 17.5 Å². The maximum atomic E-state index is 7.69. The first-order valence-corrected chi connectivity index (χ1v) is 5.80. The first-order chi connectivity index (χ1) is 7.50. The van der Waals surface area contributed by atoms with Crippen LogP contribution in [0.3, 0.4) is 0 Å². The lowest BCUT2D eigenvalue weighted by molar-refractivity contribution is 0.856. The molecule has 1 aromatic carbocycles. The summed E-state index contributed by atoms with van der Waals surface area (Å²) in [4.78, 5) is 6.23. The van der Waals surface area contributed by atoms with Crippen molar-refractivity contribution in [3.8, 4) is 0 Å². The lowest BCUT2D eigenvalue weighted by atomic mass is 9.95. The smallest absolute Gasteiger partial charge is 0.197 e. The second-order valence-corrected chi connectivity index (χ2v) is 4.93. The molecule has 0 amide bonds. The van der Waals surface area contributed by atoms with Gasteiger partial charge >= 0.3 is 0 Å². The van der Waals surface area contributed by atoms with Crippen molar-refractivity contribution in [2.75, 3.05) is 0 Å². The van der Waals surface area contributed by atoms with E-state index in [1.165, 1.54) is 11.1 Å². The molecule has 0 aliphatic carbocycles. The molecule has 0 aliphatic heterocycles. The van der Waals surface area contributed by atoms with Crippen LogP contribution in [0.25, 0.3) is 11.0 Å². The molecule has 0 aliphatic rings. The van der Waals surface area contributed by atoms with Crippen LogP contribution >= 0.6 is 0 Å². The topological polar surface area (TPSA) is 55.4 Å². The van der Waals surface area contributed by atoms with Gasteiger partial charge in [0, 0.05) is 0 Å². The van der Waals surface area contributed by atoms with Crippen LogP contribution in [0.15, 0.2) is 12.1 Å². The van der Waals surface area contributed by atoms with Crippen LogP contribution in [-0.2, 0) is 0 Å². The molecule has 0 spiro atoms. The minimum atomic E-state index is 0.380. The van der Waals surface area contributed by atoms with Gasteiger partial charge in [-0.05, 0) is 23.0 Å². The van der Waals surface area contributed by atoms with Crippen molar-refractivity contribution >= 4 is 11.0 Å². The highest BCUT2D eigenvalue weighted by Crippen LogP contribution is 2.28. The quantitative estimate of drug-likeness (QED) is 0.692. The molecule has 2 rings (SSSR count). The molecule has 0 unspecified atom stereocenters. The Morgan fingerprint density at radius 2 is 1.25 bits per heavy atom. The number of H-pyrrole nitrogens is 2. The normalized spacial score (nSPS) is 11.9. The van der Waals surface area contributed by atoms with Gasteiger partial charge in [-0.3, -0.25) is 5.41 Å². The van der Waals surface area contributed by atoms with E-state index in [9.17, 15) is 0 Å². The fourth-order valence-corrected chi connectivity index (χ4v) is 2.15. The van der Waals surface area contributed by atoms with E-state index >= 15 is 0 Å². The number of nitrogens with one attached hydrogen (secondary N) is 3. The van der Waals surface area contributed by atoms with E-state index in [-0.39, 0.29) is 0 Å². The summed E-state index contributed by atoms with van der Waals surface area (Å²) in [5, 5.41) is 7.69. The number of hydrogen-bond acceptors (Lipinski definition) is 1. The van der Waals surface area contributed by atoms with E-state index in [0.717, 1.165) is 11.0 Å². The number of aromatic amines is 2. The molecule has 0 atom stereocenters. The molecule has 0 fully saturated rings. The molecule has 3 nitrogen and oxygen atoms in total. The molecule has 0 radical (unpaired) electrons. The first-order valence-electron chi connectivity index (χ1n) is 5.80. The molecule has 0 saturated heterocycles. The molecular formula is C13H19N3. The summed E-state index contributed by atoms with van der Waals surface area (Å²) >= 11 is 0. The zero-order chi connectivity index (χ0) is 11.9. The van der Waals surface area contributed by atoms with Crippen molar-refractivity contribution in [3.63, 3.8) is 0 Å². The van der Waals surface area contributed by atoms with Crippen molar-refractivity contribution in [1.29, 1.82) is 5.41 Å². The van der Waals surface area contributed by atoms with Crippen LogP contribution in [0.5, 0.6) is 0 Å². The largest absolute Gasteiger partial charge is 0.324 e. The molecule has 86 valence electrons. The van der Waals surface area contributed by atoms with Crippen LogP contribution in [0.4, 0.5) is 0 Å². The highest BCUT2D eigenvalue weighted by molar-refractivity contribution is 5.82. The van der Waals surface area contributed by atoms with Gasteiger partial charge in [0.1, 0.15) is 0 Å².